The lowest BCUT2D eigenvalue weighted by atomic mass is 10.1. The first-order valence-corrected chi connectivity index (χ1v) is 10.6. The third kappa shape index (κ3) is 6.62. The molecule has 33 heavy (non-hydrogen) atoms. The van der Waals surface area contributed by atoms with Gasteiger partial charge in [0.2, 0.25) is 0 Å². The second-order valence-corrected chi connectivity index (χ2v) is 8.29. The fourth-order valence-electron chi connectivity index (χ4n) is 2.75. The van der Waals surface area contributed by atoms with E-state index in [1.807, 2.05) is 0 Å². The molecule has 0 radical (unpaired) electrons. The summed E-state index contributed by atoms with van der Waals surface area (Å²) in [4.78, 5) is 0. The van der Waals surface area contributed by atoms with Crippen molar-refractivity contribution in [2.45, 2.75) is 7.43 Å². The van der Waals surface area contributed by atoms with E-state index in [4.69, 9.17) is 46.4 Å². The number of aromatic hydroxyl groups is 4. The first-order valence-electron chi connectivity index (χ1n) is 9.10. The quantitative estimate of drug-likeness (QED) is 0.211. The number of phenols is 4. The van der Waals surface area contributed by atoms with Gasteiger partial charge >= 0.3 is 0 Å². The topological polar surface area (TPSA) is 80.9 Å². The zero-order valence-electron chi connectivity index (χ0n) is 16.2. The van der Waals surface area contributed by atoms with Crippen LogP contribution >= 0.6 is 46.4 Å². The van der Waals surface area contributed by atoms with E-state index >= 15 is 0 Å². The van der Waals surface area contributed by atoms with Crippen molar-refractivity contribution in [1.29, 1.82) is 0 Å². The van der Waals surface area contributed by atoms with E-state index in [1.54, 1.807) is 48.5 Å². The minimum absolute atomic E-state index is 0. The lowest BCUT2D eigenvalue weighted by Crippen LogP contribution is -1.79. The van der Waals surface area contributed by atoms with E-state index in [-0.39, 0.29) is 50.5 Å². The average Bonchev–Trinajstić information content (AvgIpc) is 2.76. The van der Waals surface area contributed by atoms with Gasteiger partial charge in [-0.2, -0.15) is 0 Å². The Morgan fingerprint density at radius 3 is 0.697 bits per heavy atom. The Kier molecular flexibility index (Phi) is 9.15. The largest absolute Gasteiger partial charge is 0.506 e. The summed E-state index contributed by atoms with van der Waals surface area (Å²) in [6.07, 6.45) is 0. The predicted octanol–water partition coefficient (Wildman–Crippen LogP) is 8.78. The van der Waals surface area contributed by atoms with Gasteiger partial charge in [-0.15, -0.1) is 0 Å². The fourth-order valence-corrected chi connectivity index (χ4v) is 3.47. The molecule has 8 heteroatoms. The van der Waals surface area contributed by atoms with Crippen molar-refractivity contribution in [1.82, 2.24) is 0 Å². The first kappa shape index (κ1) is 26.5. The van der Waals surface area contributed by atoms with Crippen LogP contribution in [0.25, 0.3) is 22.3 Å². The van der Waals surface area contributed by atoms with Crippen LogP contribution in [0.1, 0.15) is 7.43 Å². The number of halogens is 4. The molecule has 0 unspecified atom stereocenters. The molecule has 4 aromatic carbocycles. The summed E-state index contributed by atoms with van der Waals surface area (Å²) < 4.78 is 0. The minimum atomic E-state index is 0. The molecular weight excluding hydrogens is 506 g/mol. The highest BCUT2D eigenvalue weighted by Gasteiger charge is 2.06. The Bertz CT molecular complexity index is 1080. The van der Waals surface area contributed by atoms with E-state index in [0.29, 0.717) is 0 Å². The van der Waals surface area contributed by atoms with Crippen LogP contribution in [0.15, 0.2) is 72.8 Å². The highest BCUT2D eigenvalue weighted by molar-refractivity contribution is 6.33. The van der Waals surface area contributed by atoms with Gasteiger partial charge in [-0.05, 0) is 70.8 Å². The molecule has 0 bridgehead atoms. The van der Waals surface area contributed by atoms with Gasteiger partial charge in [0.25, 0.3) is 0 Å². The van der Waals surface area contributed by atoms with Gasteiger partial charge in [-0.25, -0.2) is 0 Å². The lowest BCUT2D eigenvalue weighted by molar-refractivity contribution is 0.475. The van der Waals surface area contributed by atoms with E-state index in [0.717, 1.165) is 22.3 Å². The fraction of sp³-hybridized carbons (Fsp3) is 0.0400. The van der Waals surface area contributed by atoms with Crippen LogP contribution in [0.5, 0.6) is 23.0 Å². The van der Waals surface area contributed by atoms with Crippen LogP contribution in [0, 0.1) is 0 Å². The maximum Gasteiger partial charge on any atom is 0.134 e. The smallest absolute Gasteiger partial charge is 0.134 e. The number of phenolic OH excluding ortho intramolecular Hbond substituents is 4. The molecule has 0 aromatic heterocycles. The minimum Gasteiger partial charge on any atom is -0.506 e. The van der Waals surface area contributed by atoms with Crippen molar-refractivity contribution in [2.75, 3.05) is 0 Å². The summed E-state index contributed by atoms with van der Waals surface area (Å²) in [5, 5.41) is 38.3. The van der Waals surface area contributed by atoms with Crippen molar-refractivity contribution in [3.8, 4) is 45.3 Å². The third-order valence-corrected chi connectivity index (χ3v) is 5.67. The molecule has 4 aromatic rings. The molecule has 4 nitrogen and oxygen atoms in total. The van der Waals surface area contributed by atoms with E-state index in [9.17, 15) is 20.4 Å². The standard InChI is InChI=1S/2C12H8Cl2O2.CH4/c2*13-9-5-7(1-3-11(9)15)8-2-4-12(16)10(14)6-8;/h2*1-6,15-16H;1H4. The first-order chi connectivity index (χ1) is 15.2. The SMILES string of the molecule is C.Oc1ccc(-c2ccc(O)c(Cl)c2)cc1Cl.Oc1ccc(-c2ccc(O)c(Cl)c2)cc1Cl. The van der Waals surface area contributed by atoms with Crippen molar-refractivity contribution >= 4 is 46.4 Å². The van der Waals surface area contributed by atoms with Gasteiger partial charge < -0.3 is 20.4 Å². The molecule has 4 rings (SSSR count). The summed E-state index contributed by atoms with van der Waals surface area (Å²) in [5.74, 6) is 0.149. The molecule has 0 aliphatic carbocycles. The molecular formula is C25H20Cl4O4. The molecule has 0 heterocycles. The molecule has 172 valence electrons. The van der Waals surface area contributed by atoms with Gasteiger partial charge in [-0.1, -0.05) is 78.1 Å². The zero-order chi connectivity index (χ0) is 23.4. The summed E-state index contributed by atoms with van der Waals surface area (Å²) in [7, 11) is 0. The molecule has 4 N–H and O–H groups in total. The second kappa shape index (κ2) is 11.4. The lowest BCUT2D eigenvalue weighted by Gasteiger charge is -2.05. The van der Waals surface area contributed by atoms with Crippen LogP contribution < -0.4 is 0 Å². The summed E-state index contributed by atoms with van der Waals surface area (Å²) >= 11 is 23.2. The van der Waals surface area contributed by atoms with Crippen LogP contribution in [0.2, 0.25) is 20.1 Å². The van der Waals surface area contributed by atoms with E-state index in [2.05, 4.69) is 0 Å². The van der Waals surface area contributed by atoms with Crippen LogP contribution in [0.4, 0.5) is 0 Å². The van der Waals surface area contributed by atoms with E-state index in [1.165, 1.54) is 24.3 Å². The summed E-state index contributed by atoms with van der Waals surface area (Å²) in [5.41, 5.74) is 3.30. The van der Waals surface area contributed by atoms with Gasteiger partial charge in [0.15, 0.2) is 0 Å². The van der Waals surface area contributed by atoms with Crippen molar-refractivity contribution in [2.24, 2.45) is 0 Å². The number of rotatable bonds is 2. The molecule has 0 saturated heterocycles. The van der Waals surface area contributed by atoms with Crippen LogP contribution in [-0.2, 0) is 0 Å². The maximum atomic E-state index is 9.29. The van der Waals surface area contributed by atoms with E-state index < -0.39 is 0 Å². The Morgan fingerprint density at radius 1 is 0.364 bits per heavy atom. The molecule has 0 aliphatic heterocycles. The molecule has 0 spiro atoms. The number of hydrogen-bond donors (Lipinski definition) is 4. The average molecular weight is 526 g/mol. The molecule has 0 fully saturated rings. The van der Waals surface area contributed by atoms with Crippen molar-refractivity contribution < 1.29 is 20.4 Å². The van der Waals surface area contributed by atoms with Gasteiger partial charge in [0, 0.05) is 0 Å². The second-order valence-electron chi connectivity index (χ2n) is 6.66. The van der Waals surface area contributed by atoms with Crippen molar-refractivity contribution in [3.63, 3.8) is 0 Å². The Hall–Kier alpha value is -2.76. The predicted molar refractivity (Wildman–Crippen MR) is 137 cm³/mol. The van der Waals surface area contributed by atoms with Crippen LogP contribution in [-0.4, -0.2) is 20.4 Å². The maximum absolute atomic E-state index is 9.29. The Morgan fingerprint density at radius 2 is 0.545 bits per heavy atom. The number of hydrogen-bond acceptors (Lipinski definition) is 4. The Labute approximate surface area is 211 Å². The van der Waals surface area contributed by atoms with Gasteiger partial charge in [0.05, 0.1) is 20.1 Å². The number of benzene rings is 4. The third-order valence-electron chi connectivity index (χ3n) is 4.46. The summed E-state index contributed by atoms with van der Waals surface area (Å²) in [6, 6.07) is 19.5. The van der Waals surface area contributed by atoms with Crippen LogP contribution in [0.3, 0.4) is 0 Å². The molecule has 0 saturated carbocycles. The molecule has 0 atom stereocenters. The highest BCUT2D eigenvalue weighted by atomic mass is 35.5. The summed E-state index contributed by atoms with van der Waals surface area (Å²) in [6.45, 7) is 0. The van der Waals surface area contributed by atoms with Gasteiger partial charge in [-0.3, -0.25) is 0 Å². The molecule has 0 aliphatic rings. The zero-order valence-corrected chi connectivity index (χ0v) is 19.3. The van der Waals surface area contributed by atoms with Gasteiger partial charge in [0.1, 0.15) is 23.0 Å². The van der Waals surface area contributed by atoms with Crippen molar-refractivity contribution in [3.05, 3.63) is 92.9 Å². The Balaban J connectivity index is 0.000000227. The highest BCUT2D eigenvalue weighted by Crippen LogP contribution is 2.34. The monoisotopic (exact) mass is 524 g/mol. The molecule has 0 amide bonds. The normalized spacial score (nSPS) is 10.1.